The van der Waals surface area contributed by atoms with E-state index in [1.807, 2.05) is 31.2 Å². The smallest absolute Gasteiger partial charge is 0.319 e. The van der Waals surface area contributed by atoms with Crippen LogP contribution in [0, 0.1) is 5.92 Å². The Kier molecular flexibility index (Phi) is 6.52. The van der Waals surface area contributed by atoms with Gasteiger partial charge in [0.15, 0.2) is 0 Å². The maximum absolute atomic E-state index is 11.9. The number of urea groups is 1. The lowest BCUT2D eigenvalue weighted by Gasteiger charge is -2.15. The number of carbonyl (C=O) groups is 1. The van der Waals surface area contributed by atoms with E-state index in [0.717, 1.165) is 37.6 Å². The Morgan fingerprint density at radius 2 is 2.09 bits per heavy atom. The molecule has 0 radical (unpaired) electrons. The minimum absolute atomic E-state index is 0.141. The molecule has 2 rings (SSSR count). The predicted molar refractivity (Wildman–Crippen MR) is 89.5 cm³/mol. The second kappa shape index (κ2) is 8.63. The Morgan fingerprint density at radius 3 is 2.77 bits per heavy atom. The van der Waals surface area contributed by atoms with Gasteiger partial charge >= 0.3 is 6.03 Å². The number of ether oxygens (including phenoxy) is 1. The Morgan fingerprint density at radius 1 is 1.32 bits per heavy atom. The maximum atomic E-state index is 11.9. The highest BCUT2D eigenvalue weighted by molar-refractivity contribution is 5.89. The zero-order chi connectivity index (χ0) is 15.8. The lowest BCUT2D eigenvalue weighted by Crippen LogP contribution is -2.34. The Labute approximate surface area is 133 Å². The molecule has 1 saturated heterocycles. The van der Waals surface area contributed by atoms with Gasteiger partial charge in [-0.25, -0.2) is 4.79 Å². The van der Waals surface area contributed by atoms with E-state index < -0.39 is 0 Å². The molecular formula is C17H27N3O2. The first-order chi connectivity index (χ1) is 10.7. The molecule has 5 nitrogen and oxygen atoms in total. The summed E-state index contributed by atoms with van der Waals surface area (Å²) in [6, 6.07) is 7.28. The van der Waals surface area contributed by atoms with Gasteiger partial charge in [-0.1, -0.05) is 6.92 Å². The van der Waals surface area contributed by atoms with E-state index in [1.54, 1.807) is 0 Å². The second-order valence-corrected chi connectivity index (χ2v) is 5.75. The van der Waals surface area contributed by atoms with Crippen molar-refractivity contribution in [2.45, 2.75) is 26.7 Å². The quantitative estimate of drug-likeness (QED) is 0.814. The molecule has 5 heteroatoms. The molecule has 22 heavy (non-hydrogen) atoms. The molecule has 0 bridgehead atoms. The van der Waals surface area contributed by atoms with Crippen molar-refractivity contribution in [1.29, 1.82) is 0 Å². The van der Waals surface area contributed by atoms with Gasteiger partial charge in [-0.2, -0.15) is 0 Å². The van der Waals surface area contributed by atoms with Crippen LogP contribution < -0.4 is 15.4 Å². The van der Waals surface area contributed by atoms with Gasteiger partial charge < -0.3 is 20.3 Å². The largest absolute Gasteiger partial charge is 0.494 e. The highest BCUT2D eigenvalue weighted by Gasteiger charge is 2.21. The lowest BCUT2D eigenvalue weighted by atomic mass is 10.1. The van der Waals surface area contributed by atoms with Crippen LogP contribution >= 0.6 is 0 Å². The summed E-state index contributed by atoms with van der Waals surface area (Å²) in [6.45, 7) is 8.94. The molecule has 0 saturated carbocycles. The number of nitrogens with zero attached hydrogens (tertiary/aromatic N) is 1. The third-order valence-corrected chi connectivity index (χ3v) is 3.88. The molecule has 1 fully saturated rings. The van der Waals surface area contributed by atoms with Crippen molar-refractivity contribution >= 4 is 11.7 Å². The molecule has 122 valence electrons. The van der Waals surface area contributed by atoms with Crippen LogP contribution in [0.15, 0.2) is 24.3 Å². The van der Waals surface area contributed by atoms with Crippen molar-refractivity contribution in [3.8, 4) is 5.75 Å². The Balaban J connectivity index is 1.69. The number of nitrogens with one attached hydrogen (secondary N) is 2. The van der Waals surface area contributed by atoms with Gasteiger partial charge in [-0.15, -0.1) is 0 Å². The number of benzene rings is 1. The van der Waals surface area contributed by atoms with E-state index in [-0.39, 0.29) is 6.03 Å². The number of anilines is 1. The minimum atomic E-state index is -0.141. The maximum Gasteiger partial charge on any atom is 0.319 e. The van der Waals surface area contributed by atoms with E-state index in [4.69, 9.17) is 4.74 Å². The second-order valence-electron chi connectivity index (χ2n) is 5.75. The van der Waals surface area contributed by atoms with Crippen LogP contribution in [0.2, 0.25) is 0 Å². The fraction of sp³-hybridized carbons (Fsp3) is 0.588. The van der Waals surface area contributed by atoms with Crippen molar-refractivity contribution in [3.05, 3.63) is 24.3 Å². The summed E-state index contributed by atoms with van der Waals surface area (Å²) >= 11 is 0. The highest BCUT2D eigenvalue weighted by atomic mass is 16.5. The molecule has 1 atom stereocenters. The molecule has 0 aliphatic carbocycles. The van der Waals surface area contributed by atoms with Gasteiger partial charge in [0.1, 0.15) is 5.75 Å². The summed E-state index contributed by atoms with van der Waals surface area (Å²) in [5.41, 5.74) is 0.778. The molecule has 0 aromatic heterocycles. The molecular weight excluding hydrogens is 278 g/mol. The molecule has 1 aliphatic heterocycles. The third-order valence-electron chi connectivity index (χ3n) is 3.88. The summed E-state index contributed by atoms with van der Waals surface area (Å²) in [7, 11) is 0. The monoisotopic (exact) mass is 305 g/mol. The van der Waals surface area contributed by atoms with Crippen LogP contribution in [0.3, 0.4) is 0 Å². The summed E-state index contributed by atoms with van der Waals surface area (Å²) in [5, 5.41) is 5.82. The number of hydrogen-bond acceptors (Lipinski definition) is 3. The van der Waals surface area contributed by atoms with Crippen molar-refractivity contribution in [1.82, 2.24) is 10.2 Å². The standard InChI is InChI=1S/C17H27N3O2/c1-3-10-20-11-9-14(13-20)12-18-17(21)19-15-5-7-16(8-6-15)22-4-2/h5-8,14H,3-4,9-13H2,1-2H3,(H2,18,19,21). The third kappa shape index (κ3) is 5.22. The van der Waals surface area contributed by atoms with Crippen LogP contribution in [0.1, 0.15) is 26.7 Å². The average Bonchev–Trinajstić information content (AvgIpc) is 2.96. The normalized spacial score (nSPS) is 18.2. The Bertz CT molecular complexity index is 461. The first kappa shape index (κ1) is 16.6. The van der Waals surface area contributed by atoms with Crippen molar-refractivity contribution in [2.75, 3.05) is 38.1 Å². The van der Waals surface area contributed by atoms with E-state index in [1.165, 1.54) is 12.8 Å². The minimum Gasteiger partial charge on any atom is -0.494 e. The van der Waals surface area contributed by atoms with E-state index in [2.05, 4.69) is 22.5 Å². The van der Waals surface area contributed by atoms with Gasteiger partial charge in [-0.05, 0) is 63.0 Å². The number of amides is 2. The summed E-state index contributed by atoms with van der Waals surface area (Å²) < 4.78 is 5.38. The van der Waals surface area contributed by atoms with Crippen LogP contribution in [0.5, 0.6) is 5.75 Å². The lowest BCUT2D eigenvalue weighted by molar-refractivity contribution is 0.249. The zero-order valence-corrected chi connectivity index (χ0v) is 13.6. The first-order valence-electron chi connectivity index (χ1n) is 8.21. The number of hydrogen-bond donors (Lipinski definition) is 2. The molecule has 0 spiro atoms. The van der Waals surface area contributed by atoms with Gasteiger partial charge in [0.2, 0.25) is 0 Å². The average molecular weight is 305 g/mol. The van der Waals surface area contributed by atoms with Gasteiger partial charge in [-0.3, -0.25) is 0 Å². The Hall–Kier alpha value is -1.75. The summed E-state index contributed by atoms with van der Waals surface area (Å²) in [6.07, 6.45) is 2.36. The van der Waals surface area contributed by atoms with Crippen LogP contribution in [-0.4, -0.2) is 43.7 Å². The molecule has 1 aliphatic rings. The van der Waals surface area contributed by atoms with Crippen LogP contribution in [-0.2, 0) is 0 Å². The fourth-order valence-corrected chi connectivity index (χ4v) is 2.81. The summed E-state index contributed by atoms with van der Waals surface area (Å²) in [5.74, 6) is 1.38. The van der Waals surface area contributed by atoms with Gasteiger partial charge in [0.25, 0.3) is 0 Å². The van der Waals surface area contributed by atoms with Gasteiger partial charge in [0, 0.05) is 18.8 Å². The SMILES string of the molecule is CCCN1CCC(CNC(=O)Nc2ccc(OCC)cc2)C1. The van der Waals surface area contributed by atoms with Crippen LogP contribution in [0.4, 0.5) is 10.5 Å². The molecule has 1 aromatic rings. The topological polar surface area (TPSA) is 53.6 Å². The number of likely N-dealkylation sites (tertiary alicyclic amines) is 1. The number of carbonyl (C=O) groups excluding carboxylic acids is 1. The van der Waals surface area contributed by atoms with Crippen molar-refractivity contribution in [2.24, 2.45) is 5.92 Å². The number of rotatable bonds is 7. The molecule has 1 aromatic carbocycles. The van der Waals surface area contributed by atoms with E-state index >= 15 is 0 Å². The van der Waals surface area contributed by atoms with E-state index in [0.29, 0.717) is 12.5 Å². The van der Waals surface area contributed by atoms with Gasteiger partial charge in [0.05, 0.1) is 6.61 Å². The van der Waals surface area contributed by atoms with Crippen molar-refractivity contribution in [3.63, 3.8) is 0 Å². The van der Waals surface area contributed by atoms with E-state index in [9.17, 15) is 4.79 Å². The summed E-state index contributed by atoms with van der Waals surface area (Å²) in [4.78, 5) is 14.4. The molecule has 1 heterocycles. The predicted octanol–water partition coefficient (Wildman–Crippen LogP) is 2.94. The highest BCUT2D eigenvalue weighted by Crippen LogP contribution is 2.17. The molecule has 1 unspecified atom stereocenters. The zero-order valence-electron chi connectivity index (χ0n) is 13.6. The molecule has 2 amide bonds. The van der Waals surface area contributed by atoms with Crippen molar-refractivity contribution < 1.29 is 9.53 Å². The molecule has 2 N–H and O–H groups in total. The first-order valence-corrected chi connectivity index (χ1v) is 8.21. The van der Waals surface area contributed by atoms with Crippen LogP contribution in [0.25, 0.3) is 0 Å². The fourth-order valence-electron chi connectivity index (χ4n) is 2.81.